The van der Waals surface area contributed by atoms with Crippen LogP contribution in [0.15, 0.2) is 16.6 Å². The summed E-state index contributed by atoms with van der Waals surface area (Å²) in [4.78, 5) is 0. The van der Waals surface area contributed by atoms with Crippen LogP contribution < -0.4 is 5.32 Å². The second-order valence-electron chi connectivity index (χ2n) is 5.35. The first-order valence-corrected chi connectivity index (χ1v) is 8.28. The van der Waals surface area contributed by atoms with Gasteiger partial charge in [0.25, 0.3) is 0 Å². The minimum atomic E-state index is 0.167. The van der Waals surface area contributed by atoms with Crippen LogP contribution in [0.25, 0.3) is 0 Å². The van der Waals surface area contributed by atoms with Crippen molar-refractivity contribution >= 4 is 33.2 Å². The van der Waals surface area contributed by atoms with Crippen molar-refractivity contribution in [1.29, 1.82) is 0 Å². The van der Waals surface area contributed by atoms with Crippen molar-refractivity contribution in [2.45, 2.75) is 47.2 Å². The van der Waals surface area contributed by atoms with Gasteiger partial charge in [-0.05, 0) is 68.2 Å². The van der Waals surface area contributed by atoms with E-state index < -0.39 is 0 Å². The zero-order chi connectivity index (χ0) is 15.7. The molecule has 0 amide bonds. The molecule has 1 aromatic heterocycles. The number of nitrogens with one attached hydrogen (secondary N) is 1. The van der Waals surface area contributed by atoms with Gasteiger partial charge >= 0.3 is 0 Å². The Morgan fingerprint density at radius 3 is 2.57 bits per heavy atom. The van der Waals surface area contributed by atoms with E-state index in [1.165, 1.54) is 11.3 Å². The van der Waals surface area contributed by atoms with Crippen LogP contribution in [-0.2, 0) is 6.54 Å². The third-order valence-corrected chi connectivity index (χ3v) is 4.85. The lowest BCUT2D eigenvalue weighted by molar-refractivity contribution is 0.632. The topological polar surface area (TPSA) is 29.9 Å². The standard InChI is InChI=1S/C16H21BrClN3/c1-6-21-12(5)16(11(4)20-21)10(3)19-15-8-14(18)9(2)7-13(15)17/h7-8,10,19H,6H2,1-5H3. The maximum Gasteiger partial charge on any atom is 0.0649 e. The van der Waals surface area contributed by atoms with E-state index in [9.17, 15) is 0 Å². The van der Waals surface area contributed by atoms with E-state index >= 15 is 0 Å². The van der Waals surface area contributed by atoms with Gasteiger partial charge in [0.2, 0.25) is 0 Å². The number of hydrogen-bond acceptors (Lipinski definition) is 2. The first-order chi connectivity index (χ1) is 9.85. The normalized spacial score (nSPS) is 12.5. The molecule has 2 aromatic rings. The Hall–Kier alpha value is -1.000. The van der Waals surface area contributed by atoms with Crippen LogP contribution in [0.5, 0.6) is 0 Å². The van der Waals surface area contributed by atoms with Crippen LogP contribution in [0, 0.1) is 20.8 Å². The van der Waals surface area contributed by atoms with Crippen LogP contribution in [0.3, 0.4) is 0 Å². The summed E-state index contributed by atoms with van der Waals surface area (Å²) in [5.41, 5.74) is 5.60. The van der Waals surface area contributed by atoms with Crippen LogP contribution in [-0.4, -0.2) is 9.78 Å². The number of aryl methyl sites for hydroxylation is 3. The van der Waals surface area contributed by atoms with Crippen molar-refractivity contribution in [3.05, 3.63) is 44.1 Å². The Labute approximate surface area is 139 Å². The molecule has 1 unspecified atom stereocenters. The number of halogens is 2. The van der Waals surface area contributed by atoms with Gasteiger partial charge in [-0.25, -0.2) is 0 Å². The number of anilines is 1. The first kappa shape index (κ1) is 16.4. The number of hydrogen-bond donors (Lipinski definition) is 1. The van der Waals surface area contributed by atoms with Gasteiger partial charge in [-0.1, -0.05) is 11.6 Å². The molecule has 0 saturated heterocycles. The summed E-state index contributed by atoms with van der Waals surface area (Å²) in [5, 5.41) is 8.88. The summed E-state index contributed by atoms with van der Waals surface area (Å²) >= 11 is 9.82. The lowest BCUT2D eigenvalue weighted by Crippen LogP contribution is -2.10. The fraction of sp³-hybridized carbons (Fsp3) is 0.438. The third kappa shape index (κ3) is 3.27. The first-order valence-electron chi connectivity index (χ1n) is 7.11. The quantitative estimate of drug-likeness (QED) is 0.779. The van der Waals surface area contributed by atoms with E-state index in [4.69, 9.17) is 11.6 Å². The smallest absolute Gasteiger partial charge is 0.0649 e. The highest BCUT2D eigenvalue weighted by molar-refractivity contribution is 9.10. The summed E-state index contributed by atoms with van der Waals surface area (Å²) in [6.45, 7) is 11.3. The fourth-order valence-electron chi connectivity index (χ4n) is 2.71. The molecule has 0 radical (unpaired) electrons. The van der Waals surface area contributed by atoms with E-state index in [-0.39, 0.29) is 6.04 Å². The maximum absolute atomic E-state index is 6.23. The number of rotatable bonds is 4. The molecule has 3 nitrogen and oxygen atoms in total. The van der Waals surface area contributed by atoms with E-state index in [0.717, 1.165) is 33.0 Å². The molecule has 114 valence electrons. The van der Waals surface area contributed by atoms with Crippen molar-refractivity contribution in [3.63, 3.8) is 0 Å². The Kier molecular flexibility index (Phi) is 4.99. The van der Waals surface area contributed by atoms with Crippen molar-refractivity contribution in [2.75, 3.05) is 5.32 Å². The van der Waals surface area contributed by atoms with Crippen molar-refractivity contribution in [2.24, 2.45) is 0 Å². The molecule has 0 spiro atoms. The maximum atomic E-state index is 6.23. The van der Waals surface area contributed by atoms with Crippen molar-refractivity contribution in [1.82, 2.24) is 9.78 Å². The summed E-state index contributed by atoms with van der Waals surface area (Å²) in [7, 11) is 0. The van der Waals surface area contributed by atoms with E-state index in [1.807, 2.05) is 23.7 Å². The molecule has 1 N–H and O–H groups in total. The zero-order valence-corrected chi connectivity index (χ0v) is 15.4. The highest BCUT2D eigenvalue weighted by Crippen LogP contribution is 2.33. The van der Waals surface area contributed by atoms with E-state index in [0.29, 0.717) is 0 Å². The van der Waals surface area contributed by atoms with Gasteiger partial charge < -0.3 is 5.32 Å². The van der Waals surface area contributed by atoms with Crippen LogP contribution in [0.1, 0.15) is 42.4 Å². The minimum Gasteiger partial charge on any atom is -0.377 e. The Morgan fingerprint density at radius 1 is 1.33 bits per heavy atom. The van der Waals surface area contributed by atoms with Gasteiger partial charge in [0.05, 0.1) is 17.4 Å². The molecule has 0 saturated carbocycles. The second-order valence-corrected chi connectivity index (χ2v) is 6.61. The Morgan fingerprint density at radius 2 is 2.00 bits per heavy atom. The lowest BCUT2D eigenvalue weighted by atomic mass is 10.1. The Balaban J connectivity index is 2.32. The van der Waals surface area contributed by atoms with Gasteiger partial charge in [-0.3, -0.25) is 4.68 Å². The second kappa shape index (κ2) is 6.41. The molecule has 21 heavy (non-hydrogen) atoms. The predicted molar refractivity (Wildman–Crippen MR) is 93.3 cm³/mol. The predicted octanol–water partition coefficient (Wildman–Crippen LogP) is 5.42. The average Bonchev–Trinajstić information content (AvgIpc) is 2.70. The van der Waals surface area contributed by atoms with Crippen molar-refractivity contribution in [3.8, 4) is 0 Å². The summed E-state index contributed by atoms with van der Waals surface area (Å²) in [6.07, 6.45) is 0. The van der Waals surface area contributed by atoms with Gasteiger partial charge in [0.15, 0.2) is 0 Å². The third-order valence-electron chi connectivity index (χ3n) is 3.79. The number of nitrogens with zero attached hydrogens (tertiary/aromatic N) is 2. The summed E-state index contributed by atoms with van der Waals surface area (Å²) in [6, 6.07) is 4.17. The molecule has 1 aromatic carbocycles. The highest BCUT2D eigenvalue weighted by atomic mass is 79.9. The molecule has 2 rings (SSSR count). The molecule has 0 aliphatic carbocycles. The fourth-order valence-corrected chi connectivity index (χ4v) is 3.44. The van der Waals surface area contributed by atoms with Gasteiger partial charge in [-0.2, -0.15) is 5.10 Å². The average molecular weight is 371 g/mol. The van der Waals surface area contributed by atoms with Gasteiger partial charge in [-0.15, -0.1) is 0 Å². The van der Waals surface area contributed by atoms with Crippen LogP contribution in [0.4, 0.5) is 5.69 Å². The molecular formula is C16H21BrClN3. The van der Waals surface area contributed by atoms with Crippen LogP contribution in [0.2, 0.25) is 5.02 Å². The SMILES string of the molecule is CCn1nc(C)c(C(C)Nc2cc(Cl)c(C)cc2Br)c1C. The lowest BCUT2D eigenvalue weighted by Gasteiger charge is -2.18. The highest BCUT2D eigenvalue weighted by Gasteiger charge is 2.18. The zero-order valence-electron chi connectivity index (χ0n) is 13.1. The van der Waals surface area contributed by atoms with E-state index in [2.05, 4.69) is 54.0 Å². The van der Waals surface area contributed by atoms with E-state index in [1.54, 1.807) is 0 Å². The molecule has 0 fully saturated rings. The summed E-state index contributed by atoms with van der Waals surface area (Å²) < 4.78 is 3.06. The molecule has 5 heteroatoms. The van der Waals surface area contributed by atoms with Gasteiger partial charge in [0, 0.05) is 27.3 Å². The molecule has 1 atom stereocenters. The molecule has 0 aliphatic heterocycles. The monoisotopic (exact) mass is 369 g/mol. The largest absolute Gasteiger partial charge is 0.377 e. The minimum absolute atomic E-state index is 0.167. The van der Waals surface area contributed by atoms with Crippen LogP contribution >= 0.6 is 27.5 Å². The molecule has 0 aliphatic rings. The molecule has 0 bridgehead atoms. The summed E-state index contributed by atoms with van der Waals surface area (Å²) in [5.74, 6) is 0. The van der Waals surface area contributed by atoms with Crippen molar-refractivity contribution < 1.29 is 0 Å². The number of benzene rings is 1. The molecule has 1 heterocycles. The van der Waals surface area contributed by atoms with Gasteiger partial charge in [0.1, 0.15) is 0 Å². The molecular weight excluding hydrogens is 350 g/mol. The Bertz CT molecular complexity index is 664. The number of aromatic nitrogens is 2.